The summed E-state index contributed by atoms with van der Waals surface area (Å²) in [6.07, 6.45) is 1.44. The monoisotopic (exact) mass is 239 g/mol. The highest BCUT2D eigenvalue weighted by atomic mass is 16.3. The fraction of sp³-hybridized carbons (Fsp3) is 0.0714. The van der Waals surface area contributed by atoms with Crippen LogP contribution in [0.25, 0.3) is 11.1 Å². The minimum atomic E-state index is 0.729. The molecule has 0 saturated carbocycles. The van der Waals surface area contributed by atoms with E-state index in [1.54, 1.807) is 0 Å². The van der Waals surface area contributed by atoms with Crippen molar-refractivity contribution < 1.29 is 4.42 Å². The van der Waals surface area contributed by atoms with E-state index < -0.39 is 0 Å². The first-order valence-electron chi connectivity index (χ1n) is 5.69. The third-order valence-electron chi connectivity index (χ3n) is 2.91. The molecular formula is C14H13N3O. The molecular weight excluding hydrogens is 226 g/mol. The lowest BCUT2D eigenvalue weighted by atomic mass is 10.1. The molecule has 0 aliphatic carbocycles. The summed E-state index contributed by atoms with van der Waals surface area (Å²) in [5.41, 5.74) is 11.3. The Balaban J connectivity index is 2.00. The zero-order chi connectivity index (χ0) is 12.5. The van der Waals surface area contributed by atoms with Crippen LogP contribution in [0.3, 0.4) is 0 Å². The van der Waals surface area contributed by atoms with Crippen LogP contribution < -0.4 is 11.1 Å². The number of rotatable bonds is 2. The maximum atomic E-state index is 5.96. The molecule has 0 radical (unpaired) electrons. The molecule has 0 aliphatic heterocycles. The van der Waals surface area contributed by atoms with E-state index in [1.165, 1.54) is 6.39 Å². The van der Waals surface area contributed by atoms with Crippen molar-refractivity contribution in [2.45, 2.75) is 6.92 Å². The zero-order valence-electron chi connectivity index (χ0n) is 9.97. The van der Waals surface area contributed by atoms with Gasteiger partial charge in [0.2, 0.25) is 0 Å². The first-order chi connectivity index (χ1) is 8.74. The average molecular weight is 239 g/mol. The van der Waals surface area contributed by atoms with Gasteiger partial charge in [-0.25, -0.2) is 4.98 Å². The third kappa shape index (κ3) is 1.78. The fourth-order valence-electron chi connectivity index (χ4n) is 1.94. The standard InChI is InChI=1S/C14H13N3O/c1-9-3-2-4-11(15)14(9)17-10-5-6-12-13(7-10)18-8-16-12/h2-8,17H,15H2,1H3. The van der Waals surface area contributed by atoms with E-state index in [2.05, 4.69) is 10.3 Å². The minimum Gasteiger partial charge on any atom is -0.443 e. The van der Waals surface area contributed by atoms with Crippen LogP contribution in [0.4, 0.5) is 17.1 Å². The number of fused-ring (bicyclic) bond motifs is 1. The Morgan fingerprint density at radius 1 is 1.22 bits per heavy atom. The second-order valence-electron chi connectivity index (χ2n) is 4.20. The van der Waals surface area contributed by atoms with Crippen molar-refractivity contribution in [2.75, 3.05) is 11.1 Å². The molecule has 18 heavy (non-hydrogen) atoms. The molecule has 3 aromatic rings. The molecule has 0 fully saturated rings. The SMILES string of the molecule is Cc1cccc(N)c1Nc1ccc2ncoc2c1. The van der Waals surface area contributed by atoms with E-state index in [0.717, 1.165) is 33.7 Å². The number of para-hydroxylation sites is 1. The number of nitrogens with one attached hydrogen (secondary N) is 1. The molecule has 3 N–H and O–H groups in total. The number of anilines is 3. The molecule has 0 spiro atoms. The summed E-state index contributed by atoms with van der Waals surface area (Å²) in [5, 5.41) is 3.31. The summed E-state index contributed by atoms with van der Waals surface area (Å²) >= 11 is 0. The van der Waals surface area contributed by atoms with E-state index in [9.17, 15) is 0 Å². The second-order valence-corrected chi connectivity index (χ2v) is 4.20. The van der Waals surface area contributed by atoms with Crippen molar-refractivity contribution in [1.82, 2.24) is 4.98 Å². The van der Waals surface area contributed by atoms with Crippen LogP contribution in [0.1, 0.15) is 5.56 Å². The highest BCUT2D eigenvalue weighted by molar-refractivity contribution is 5.81. The van der Waals surface area contributed by atoms with Crippen molar-refractivity contribution in [3.63, 3.8) is 0 Å². The smallest absolute Gasteiger partial charge is 0.181 e. The molecule has 1 aromatic heterocycles. The second kappa shape index (κ2) is 4.07. The van der Waals surface area contributed by atoms with Crippen LogP contribution in [-0.4, -0.2) is 4.98 Å². The Bertz CT molecular complexity index is 683. The minimum absolute atomic E-state index is 0.729. The number of hydrogen-bond donors (Lipinski definition) is 2. The summed E-state index contributed by atoms with van der Waals surface area (Å²) in [6.45, 7) is 2.02. The van der Waals surface area contributed by atoms with Gasteiger partial charge in [0, 0.05) is 11.8 Å². The lowest BCUT2D eigenvalue weighted by molar-refractivity contribution is 0.602. The van der Waals surface area contributed by atoms with Crippen molar-refractivity contribution in [1.29, 1.82) is 0 Å². The Kier molecular flexibility index (Phi) is 2.41. The van der Waals surface area contributed by atoms with E-state index in [4.69, 9.17) is 10.2 Å². The molecule has 0 atom stereocenters. The summed E-state index contributed by atoms with van der Waals surface area (Å²) in [7, 11) is 0. The van der Waals surface area contributed by atoms with Crippen LogP contribution in [0, 0.1) is 6.92 Å². The molecule has 4 nitrogen and oxygen atoms in total. The van der Waals surface area contributed by atoms with Gasteiger partial charge in [-0.3, -0.25) is 0 Å². The maximum absolute atomic E-state index is 5.96. The molecule has 1 heterocycles. The largest absolute Gasteiger partial charge is 0.443 e. The topological polar surface area (TPSA) is 64.1 Å². The van der Waals surface area contributed by atoms with Crippen LogP contribution >= 0.6 is 0 Å². The maximum Gasteiger partial charge on any atom is 0.181 e. The normalized spacial score (nSPS) is 10.7. The third-order valence-corrected chi connectivity index (χ3v) is 2.91. The molecule has 2 aromatic carbocycles. The number of oxazole rings is 1. The molecule has 0 saturated heterocycles. The Morgan fingerprint density at radius 3 is 2.94 bits per heavy atom. The number of nitrogens with zero attached hydrogens (tertiary/aromatic N) is 1. The van der Waals surface area contributed by atoms with Gasteiger partial charge in [0.05, 0.1) is 11.4 Å². The zero-order valence-corrected chi connectivity index (χ0v) is 9.97. The average Bonchev–Trinajstić information content (AvgIpc) is 2.81. The Hall–Kier alpha value is -2.49. The summed E-state index contributed by atoms with van der Waals surface area (Å²) < 4.78 is 5.27. The van der Waals surface area contributed by atoms with Gasteiger partial charge in [0.1, 0.15) is 5.52 Å². The fourth-order valence-corrected chi connectivity index (χ4v) is 1.94. The molecule has 0 aliphatic rings. The highest BCUT2D eigenvalue weighted by Gasteiger charge is 2.05. The van der Waals surface area contributed by atoms with Crippen LogP contribution in [-0.2, 0) is 0 Å². The van der Waals surface area contributed by atoms with E-state index in [-0.39, 0.29) is 0 Å². The predicted octanol–water partition coefficient (Wildman–Crippen LogP) is 3.46. The Morgan fingerprint density at radius 2 is 2.11 bits per heavy atom. The summed E-state index contributed by atoms with van der Waals surface area (Å²) in [4.78, 5) is 4.08. The molecule has 0 amide bonds. The van der Waals surface area contributed by atoms with E-state index in [1.807, 2.05) is 43.3 Å². The predicted molar refractivity (Wildman–Crippen MR) is 72.9 cm³/mol. The molecule has 90 valence electrons. The van der Waals surface area contributed by atoms with Gasteiger partial charge < -0.3 is 15.5 Å². The summed E-state index contributed by atoms with van der Waals surface area (Å²) in [6, 6.07) is 11.6. The van der Waals surface area contributed by atoms with Gasteiger partial charge in [0.15, 0.2) is 12.0 Å². The number of aromatic nitrogens is 1. The molecule has 0 unspecified atom stereocenters. The van der Waals surface area contributed by atoms with Gasteiger partial charge in [0.25, 0.3) is 0 Å². The van der Waals surface area contributed by atoms with Crippen LogP contribution in [0.15, 0.2) is 47.2 Å². The molecule has 3 rings (SSSR count). The van der Waals surface area contributed by atoms with E-state index in [0.29, 0.717) is 0 Å². The van der Waals surface area contributed by atoms with Crippen molar-refractivity contribution in [3.05, 3.63) is 48.4 Å². The first kappa shape index (κ1) is 10.7. The van der Waals surface area contributed by atoms with Crippen molar-refractivity contribution >= 4 is 28.2 Å². The van der Waals surface area contributed by atoms with Gasteiger partial charge in [-0.2, -0.15) is 0 Å². The van der Waals surface area contributed by atoms with Gasteiger partial charge >= 0.3 is 0 Å². The number of nitrogen functional groups attached to an aromatic ring is 1. The van der Waals surface area contributed by atoms with Crippen LogP contribution in [0.5, 0.6) is 0 Å². The van der Waals surface area contributed by atoms with E-state index >= 15 is 0 Å². The van der Waals surface area contributed by atoms with Crippen molar-refractivity contribution in [2.24, 2.45) is 0 Å². The lowest BCUT2D eigenvalue weighted by Gasteiger charge is -2.11. The van der Waals surface area contributed by atoms with Crippen LogP contribution in [0.2, 0.25) is 0 Å². The first-order valence-corrected chi connectivity index (χ1v) is 5.69. The molecule has 4 heteroatoms. The summed E-state index contributed by atoms with van der Waals surface area (Å²) in [5.74, 6) is 0. The number of benzene rings is 2. The quantitative estimate of drug-likeness (QED) is 0.672. The van der Waals surface area contributed by atoms with Gasteiger partial charge in [-0.15, -0.1) is 0 Å². The number of nitrogens with two attached hydrogens (primary N) is 1. The molecule has 0 bridgehead atoms. The van der Waals surface area contributed by atoms with Gasteiger partial charge in [-0.1, -0.05) is 12.1 Å². The number of hydrogen-bond acceptors (Lipinski definition) is 4. The Labute approximate surface area is 104 Å². The number of aryl methyl sites for hydroxylation is 1. The van der Waals surface area contributed by atoms with Crippen molar-refractivity contribution in [3.8, 4) is 0 Å². The highest BCUT2D eigenvalue weighted by Crippen LogP contribution is 2.28. The van der Waals surface area contributed by atoms with Gasteiger partial charge in [-0.05, 0) is 30.7 Å². The lowest BCUT2D eigenvalue weighted by Crippen LogP contribution is -1.98.